The monoisotopic (exact) mass is 314 g/mol. The van der Waals surface area contributed by atoms with Crippen LogP contribution in [0, 0.1) is 11.3 Å². The first kappa shape index (κ1) is 12.8. The molecular weight excluding hydrogens is 304 g/mol. The van der Waals surface area contributed by atoms with Crippen molar-refractivity contribution in [3.8, 4) is 6.07 Å². The van der Waals surface area contributed by atoms with Crippen LogP contribution in [0.25, 0.3) is 0 Å². The van der Waals surface area contributed by atoms with Crippen molar-refractivity contribution in [3.05, 3.63) is 33.3 Å². The molecule has 5 heteroatoms. The normalized spacial score (nSPS) is 18.6. The van der Waals surface area contributed by atoms with Gasteiger partial charge >= 0.3 is 0 Å². The molecule has 1 aliphatic rings. The van der Waals surface area contributed by atoms with Gasteiger partial charge in [-0.05, 0) is 18.2 Å². The first-order valence-corrected chi connectivity index (χ1v) is 6.56. The van der Waals surface area contributed by atoms with E-state index < -0.39 is 0 Å². The second-order valence-corrected chi connectivity index (χ2v) is 5.17. The molecule has 1 saturated heterocycles. The van der Waals surface area contributed by atoms with Crippen molar-refractivity contribution in [2.75, 3.05) is 26.3 Å². The lowest BCUT2D eigenvalue weighted by Crippen LogP contribution is -2.38. The molecule has 2 rings (SSSR count). The van der Waals surface area contributed by atoms with Gasteiger partial charge < -0.3 is 4.74 Å². The van der Waals surface area contributed by atoms with E-state index in [1.54, 1.807) is 0 Å². The quantitative estimate of drug-likeness (QED) is 0.842. The Morgan fingerprint density at radius 3 is 2.76 bits per heavy atom. The van der Waals surface area contributed by atoms with Crippen molar-refractivity contribution in [3.63, 3.8) is 0 Å². The Balaban J connectivity index is 2.28. The summed E-state index contributed by atoms with van der Waals surface area (Å²) in [7, 11) is 0. The van der Waals surface area contributed by atoms with E-state index in [-0.39, 0.29) is 6.04 Å². The summed E-state index contributed by atoms with van der Waals surface area (Å²) in [5, 5.41) is 9.97. The second-order valence-electron chi connectivity index (χ2n) is 3.85. The largest absolute Gasteiger partial charge is 0.379 e. The summed E-state index contributed by atoms with van der Waals surface area (Å²) in [6, 6.07) is 7.61. The van der Waals surface area contributed by atoms with Crippen molar-refractivity contribution in [2.45, 2.75) is 6.04 Å². The fourth-order valence-electron chi connectivity index (χ4n) is 1.91. The van der Waals surface area contributed by atoms with Crippen molar-refractivity contribution in [1.82, 2.24) is 4.90 Å². The van der Waals surface area contributed by atoms with Crippen molar-refractivity contribution >= 4 is 27.5 Å². The topological polar surface area (TPSA) is 36.3 Å². The van der Waals surface area contributed by atoms with E-state index in [2.05, 4.69) is 26.9 Å². The standard InChI is InChI=1S/C12H12BrClN2O/c13-9-1-2-11(14)10(7-9)12(8-15)16-3-5-17-6-4-16/h1-2,7,12H,3-6H2. The third-order valence-electron chi connectivity index (χ3n) is 2.79. The lowest BCUT2D eigenvalue weighted by atomic mass is 10.1. The predicted octanol–water partition coefficient (Wildman–Crippen LogP) is 3.00. The van der Waals surface area contributed by atoms with Gasteiger partial charge in [0.1, 0.15) is 6.04 Å². The van der Waals surface area contributed by atoms with Crippen LogP contribution in [-0.2, 0) is 4.74 Å². The predicted molar refractivity (Wildman–Crippen MR) is 69.9 cm³/mol. The Morgan fingerprint density at radius 2 is 2.12 bits per heavy atom. The molecule has 17 heavy (non-hydrogen) atoms. The van der Waals surface area contributed by atoms with Gasteiger partial charge in [0.15, 0.2) is 0 Å². The highest BCUT2D eigenvalue weighted by atomic mass is 79.9. The molecule has 1 aliphatic heterocycles. The van der Waals surface area contributed by atoms with Crippen LogP contribution in [0.15, 0.2) is 22.7 Å². The Labute approximate surface area is 114 Å². The maximum atomic E-state index is 9.34. The molecule has 0 saturated carbocycles. The molecule has 0 amide bonds. The molecular formula is C12H12BrClN2O. The molecule has 3 nitrogen and oxygen atoms in total. The number of rotatable bonds is 2. The average Bonchev–Trinajstić information content (AvgIpc) is 2.36. The Morgan fingerprint density at radius 1 is 1.41 bits per heavy atom. The van der Waals surface area contributed by atoms with E-state index in [0.717, 1.165) is 23.1 Å². The van der Waals surface area contributed by atoms with Crippen LogP contribution in [0.1, 0.15) is 11.6 Å². The smallest absolute Gasteiger partial charge is 0.125 e. The molecule has 0 bridgehead atoms. The average molecular weight is 316 g/mol. The van der Waals surface area contributed by atoms with Crippen LogP contribution < -0.4 is 0 Å². The highest BCUT2D eigenvalue weighted by molar-refractivity contribution is 9.10. The number of halogens is 2. The van der Waals surface area contributed by atoms with Crippen LogP contribution in [0.4, 0.5) is 0 Å². The number of benzene rings is 1. The summed E-state index contributed by atoms with van der Waals surface area (Å²) in [5.41, 5.74) is 0.852. The highest BCUT2D eigenvalue weighted by Gasteiger charge is 2.24. The number of hydrogen-bond acceptors (Lipinski definition) is 3. The first-order valence-electron chi connectivity index (χ1n) is 5.38. The van der Waals surface area contributed by atoms with Crippen molar-refractivity contribution < 1.29 is 4.74 Å². The Kier molecular flexibility index (Phi) is 4.41. The number of hydrogen-bond donors (Lipinski definition) is 0. The van der Waals surface area contributed by atoms with E-state index in [0.29, 0.717) is 18.2 Å². The maximum Gasteiger partial charge on any atom is 0.125 e. The summed E-state index contributed by atoms with van der Waals surface area (Å²) in [6.07, 6.45) is 0. The molecule has 1 unspecified atom stereocenters. The summed E-state index contributed by atoms with van der Waals surface area (Å²) in [4.78, 5) is 2.09. The van der Waals surface area contributed by atoms with Gasteiger partial charge in [-0.1, -0.05) is 27.5 Å². The number of nitriles is 1. The number of morpholine rings is 1. The minimum Gasteiger partial charge on any atom is -0.379 e. The summed E-state index contributed by atoms with van der Waals surface area (Å²) in [5.74, 6) is 0. The molecule has 1 aromatic carbocycles. The lowest BCUT2D eigenvalue weighted by molar-refractivity contribution is 0.0266. The van der Waals surface area contributed by atoms with Crippen LogP contribution in [0.5, 0.6) is 0 Å². The van der Waals surface area contributed by atoms with Crippen molar-refractivity contribution in [1.29, 1.82) is 5.26 Å². The Bertz CT molecular complexity index is 441. The van der Waals surface area contributed by atoms with E-state index >= 15 is 0 Å². The SMILES string of the molecule is N#CC(c1cc(Br)ccc1Cl)N1CCOCC1. The molecule has 1 fully saturated rings. The summed E-state index contributed by atoms with van der Waals surface area (Å²) in [6.45, 7) is 2.87. The van der Waals surface area contributed by atoms with Crippen LogP contribution in [-0.4, -0.2) is 31.2 Å². The molecule has 0 spiro atoms. The lowest BCUT2D eigenvalue weighted by Gasteiger charge is -2.31. The van der Waals surface area contributed by atoms with Gasteiger partial charge in [-0.2, -0.15) is 5.26 Å². The summed E-state index contributed by atoms with van der Waals surface area (Å²) >= 11 is 9.57. The van der Waals surface area contributed by atoms with Gasteiger partial charge in [0.2, 0.25) is 0 Å². The fraction of sp³-hybridized carbons (Fsp3) is 0.417. The van der Waals surface area contributed by atoms with Gasteiger partial charge in [0.05, 0.1) is 19.3 Å². The third kappa shape index (κ3) is 2.99. The molecule has 1 atom stereocenters. The minimum atomic E-state index is -0.302. The maximum absolute atomic E-state index is 9.34. The molecule has 1 aromatic rings. The first-order chi connectivity index (χ1) is 8.22. The molecule has 90 valence electrons. The fourth-order valence-corrected chi connectivity index (χ4v) is 2.51. The molecule has 0 aromatic heterocycles. The minimum absolute atomic E-state index is 0.302. The Hall–Kier alpha value is -0.600. The molecule has 1 heterocycles. The van der Waals surface area contributed by atoms with E-state index in [1.165, 1.54) is 0 Å². The summed E-state index contributed by atoms with van der Waals surface area (Å²) < 4.78 is 6.23. The van der Waals surface area contributed by atoms with E-state index in [9.17, 15) is 5.26 Å². The zero-order chi connectivity index (χ0) is 12.3. The third-order valence-corrected chi connectivity index (χ3v) is 3.62. The van der Waals surface area contributed by atoms with Crippen LogP contribution in [0.2, 0.25) is 5.02 Å². The van der Waals surface area contributed by atoms with Gasteiger partial charge in [-0.15, -0.1) is 0 Å². The van der Waals surface area contributed by atoms with Crippen LogP contribution in [0.3, 0.4) is 0 Å². The zero-order valence-corrected chi connectivity index (χ0v) is 11.5. The second kappa shape index (κ2) is 5.83. The van der Waals surface area contributed by atoms with Gasteiger partial charge in [-0.3, -0.25) is 4.90 Å². The van der Waals surface area contributed by atoms with E-state index in [4.69, 9.17) is 16.3 Å². The van der Waals surface area contributed by atoms with Crippen LogP contribution >= 0.6 is 27.5 Å². The molecule has 0 radical (unpaired) electrons. The van der Waals surface area contributed by atoms with Gasteiger partial charge in [0, 0.05) is 28.1 Å². The van der Waals surface area contributed by atoms with Gasteiger partial charge in [0.25, 0.3) is 0 Å². The molecule has 0 aliphatic carbocycles. The van der Waals surface area contributed by atoms with Gasteiger partial charge in [-0.25, -0.2) is 0 Å². The highest BCUT2D eigenvalue weighted by Crippen LogP contribution is 2.30. The molecule has 0 N–H and O–H groups in total. The zero-order valence-electron chi connectivity index (χ0n) is 9.20. The van der Waals surface area contributed by atoms with Crippen molar-refractivity contribution in [2.24, 2.45) is 0 Å². The number of nitrogens with zero attached hydrogens (tertiary/aromatic N) is 2. The van der Waals surface area contributed by atoms with E-state index in [1.807, 2.05) is 18.2 Å². The number of ether oxygens (including phenoxy) is 1.